The lowest BCUT2D eigenvalue weighted by atomic mass is 10.1. The number of amides is 2. The molecule has 4 aromatic rings. The third-order valence-corrected chi connectivity index (χ3v) is 9.46. The molecule has 3 heterocycles. The van der Waals surface area contributed by atoms with Gasteiger partial charge in [-0.05, 0) is 80.6 Å². The maximum absolute atomic E-state index is 13.3. The average molecular weight is 676 g/mol. The van der Waals surface area contributed by atoms with E-state index in [0.29, 0.717) is 69.3 Å². The van der Waals surface area contributed by atoms with Crippen LogP contribution in [0, 0.1) is 0 Å². The van der Waals surface area contributed by atoms with Crippen LogP contribution < -0.4 is 9.80 Å². The molecule has 0 unspecified atom stereocenters. The summed E-state index contributed by atoms with van der Waals surface area (Å²) in [6.45, 7) is 10.5. The van der Waals surface area contributed by atoms with Crippen molar-refractivity contribution in [3.63, 3.8) is 0 Å². The van der Waals surface area contributed by atoms with Crippen molar-refractivity contribution < 1.29 is 32.0 Å². The largest absolute Gasteiger partial charge is 0.452 e. The molecule has 2 saturated heterocycles. The fourth-order valence-corrected chi connectivity index (χ4v) is 6.48. The highest BCUT2D eigenvalue weighted by molar-refractivity contribution is 6.09. The number of piperazine rings is 2. The Balaban J connectivity index is 0.965. The Hall–Kier alpha value is -4.84. The maximum Gasteiger partial charge on any atom is 0.416 e. The van der Waals surface area contributed by atoms with Gasteiger partial charge in [0.2, 0.25) is 11.7 Å². The molecule has 2 aliphatic heterocycles. The smallest absolute Gasteiger partial charge is 0.416 e. The first kappa shape index (κ1) is 34.0. The highest BCUT2D eigenvalue weighted by Crippen LogP contribution is 2.30. The summed E-state index contributed by atoms with van der Waals surface area (Å²) in [6.07, 6.45) is -4.45. The second-order valence-corrected chi connectivity index (χ2v) is 12.4. The Morgan fingerprint density at radius 2 is 1.35 bits per heavy atom. The van der Waals surface area contributed by atoms with Gasteiger partial charge in [-0.2, -0.15) is 13.2 Å². The number of hydrogen-bond acceptors (Lipinski definition) is 7. The topological polar surface area (TPSA) is 80.6 Å². The van der Waals surface area contributed by atoms with Crippen LogP contribution >= 0.6 is 0 Å². The van der Waals surface area contributed by atoms with Crippen LogP contribution in [0.25, 0.3) is 11.0 Å². The molecule has 1 aromatic heterocycles. The van der Waals surface area contributed by atoms with E-state index in [2.05, 4.69) is 23.6 Å². The van der Waals surface area contributed by atoms with Gasteiger partial charge in [-0.1, -0.05) is 0 Å². The number of carbonyl (C=O) groups is 3. The highest BCUT2D eigenvalue weighted by Gasteiger charge is 2.31. The molecule has 258 valence electrons. The van der Waals surface area contributed by atoms with Crippen LogP contribution in [-0.2, 0) is 11.0 Å². The number of ketones is 1. The van der Waals surface area contributed by atoms with Gasteiger partial charge in [0.15, 0.2) is 5.76 Å². The number of alkyl halides is 3. The second kappa shape index (κ2) is 14.3. The standard InChI is InChI=1S/C37H40F3N5O4/c1-3-42(4-2)31-14-9-28-23-33(49-32(28)24-31)35(47)26-7-12-30(13-8-26)43-19-21-44(22-20-43)34(46)25-41-15-17-45(18-16-41)36(48)27-5-10-29(11-6-27)37(38,39)40/h5-14,23-24H,3-4,15-22,25H2,1-2H3. The molecule has 0 aliphatic carbocycles. The van der Waals surface area contributed by atoms with Crippen molar-refractivity contribution in [1.29, 1.82) is 0 Å². The van der Waals surface area contributed by atoms with Crippen LogP contribution in [0.1, 0.15) is 45.9 Å². The van der Waals surface area contributed by atoms with E-state index in [0.717, 1.165) is 42.0 Å². The number of carbonyl (C=O) groups excluding carboxylic acids is 3. The van der Waals surface area contributed by atoms with Gasteiger partial charge in [0.1, 0.15) is 5.58 Å². The predicted molar refractivity (Wildman–Crippen MR) is 182 cm³/mol. The van der Waals surface area contributed by atoms with E-state index >= 15 is 0 Å². The fraction of sp³-hybridized carbons (Fsp3) is 0.378. The van der Waals surface area contributed by atoms with Crippen molar-refractivity contribution in [2.24, 2.45) is 0 Å². The highest BCUT2D eigenvalue weighted by atomic mass is 19.4. The van der Waals surface area contributed by atoms with E-state index < -0.39 is 11.7 Å². The summed E-state index contributed by atoms with van der Waals surface area (Å²) >= 11 is 0. The SMILES string of the molecule is CCN(CC)c1ccc2cc(C(=O)c3ccc(N4CCN(C(=O)CN5CCN(C(=O)c6ccc(C(F)(F)F)cc6)CC5)CC4)cc3)oc2c1. The first-order chi connectivity index (χ1) is 23.5. The fourth-order valence-electron chi connectivity index (χ4n) is 6.48. The average Bonchev–Trinajstić information content (AvgIpc) is 3.55. The number of fused-ring (bicyclic) bond motifs is 1. The molecule has 0 saturated carbocycles. The Bertz CT molecular complexity index is 1790. The van der Waals surface area contributed by atoms with Crippen molar-refractivity contribution in [2.75, 3.05) is 81.8 Å². The summed E-state index contributed by atoms with van der Waals surface area (Å²) in [5.41, 5.74) is 2.69. The molecule has 0 bridgehead atoms. The third-order valence-electron chi connectivity index (χ3n) is 9.46. The Labute approximate surface area is 283 Å². The first-order valence-corrected chi connectivity index (χ1v) is 16.7. The summed E-state index contributed by atoms with van der Waals surface area (Å²) in [6, 6.07) is 19.5. The van der Waals surface area contributed by atoms with E-state index in [4.69, 9.17) is 4.42 Å². The van der Waals surface area contributed by atoms with Crippen molar-refractivity contribution in [3.8, 4) is 0 Å². The van der Waals surface area contributed by atoms with Crippen LogP contribution in [0.2, 0.25) is 0 Å². The maximum atomic E-state index is 13.3. The lowest BCUT2D eigenvalue weighted by Gasteiger charge is -2.38. The molecule has 0 radical (unpaired) electrons. The molecule has 12 heteroatoms. The number of furan rings is 1. The van der Waals surface area contributed by atoms with E-state index in [1.54, 1.807) is 11.0 Å². The van der Waals surface area contributed by atoms with Gasteiger partial charge in [0.25, 0.3) is 5.91 Å². The Morgan fingerprint density at radius 1 is 0.735 bits per heavy atom. The van der Waals surface area contributed by atoms with E-state index in [9.17, 15) is 27.6 Å². The molecule has 3 aromatic carbocycles. The monoisotopic (exact) mass is 675 g/mol. The van der Waals surface area contributed by atoms with E-state index in [-0.39, 0.29) is 29.7 Å². The van der Waals surface area contributed by atoms with Gasteiger partial charge in [0.05, 0.1) is 12.1 Å². The summed E-state index contributed by atoms with van der Waals surface area (Å²) < 4.78 is 44.5. The molecule has 2 fully saturated rings. The van der Waals surface area contributed by atoms with E-state index in [1.807, 2.05) is 52.3 Å². The van der Waals surface area contributed by atoms with Crippen molar-refractivity contribution in [2.45, 2.75) is 20.0 Å². The number of anilines is 2. The zero-order valence-corrected chi connectivity index (χ0v) is 27.7. The zero-order chi connectivity index (χ0) is 34.7. The predicted octanol–water partition coefficient (Wildman–Crippen LogP) is 5.64. The molecule has 6 rings (SSSR count). The molecular formula is C37H40F3N5O4. The van der Waals surface area contributed by atoms with Crippen LogP contribution in [0.15, 0.2) is 77.2 Å². The van der Waals surface area contributed by atoms with E-state index in [1.165, 1.54) is 12.1 Å². The van der Waals surface area contributed by atoms with Crippen LogP contribution in [-0.4, -0.2) is 104 Å². The number of benzene rings is 3. The Kier molecular flexibility index (Phi) is 9.96. The van der Waals surface area contributed by atoms with Gasteiger partial charge in [0, 0.05) is 99.4 Å². The molecule has 49 heavy (non-hydrogen) atoms. The summed E-state index contributed by atoms with van der Waals surface area (Å²) in [7, 11) is 0. The minimum absolute atomic E-state index is 0.0261. The molecule has 2 aliphatic rings. The lowest BCUT2D eigenvalue weighted by Crippen LogP contribution is -2.54. The van der Waals surface area contributed by atoms with Gasteiger partial charge >= 0.3 is 6.18 Å². The van der Waals surface area contributed by atoms with Gasteiger partial charge < -0.3 is 24.0 Å². The molecular weight excluding hydrogens is 635 g/mol. The molecule has 2 amide bonds. The van der Waals surface area contributed by atoms with Crippen LogP contribution in [0.5, 0.6) is 0 Å². The zero-order valence-electron chi connectivity index (χ0n) is 27.7. The van der Waals surface area contributed by atoms with Crippen molar-refractivity contribution in [1.82, 2.24) is 14.7 Å². The molecule has 9 nitrogen and oxygen atoms in total. The van der Waals surface area contributed by atoms with Crippen molar-refractivity contribution in [3.05, 3.63) is 95.2 Å². The Morgan fingerprint density at radius 3 is 1.96 bits per heavy atom. The lowest BCUT2D eigenvalue weighted by molar-refractivity contribution is -0.137. The van der Waals surface area contributed by atoms with Crippen molar-refractivity contribution >= 4 is 39.9 Å². The molecule has 0 atom stereocenters. The minimum Gasteiger partial charge on any atom is -0.452 e. The normalized spacial score (nSPS) is 15.9. The van der Waals surface area contributed by atoms with Gasteiger partial charge in [-0.25, -0.2) is 0 Å². The first-order valence-electron chi connectivity index (χ1n) is 16.7. The summed E-state index contributed by atoms with van der Waals surface area (Å²) in [5.74, 6) is -0.156. The van der Waals surface area contributed by atoms with Crippen LogP contribution in [0.3, 0.4) is 0 Å². The van der Waals surface area contributed by atoms with Crippen LogP contribution in [0.4, 0.5) is 24.5 Å². The summed E-state index contributed by atoms with van der Waals surface area (Å²) in [4.78, 5) is 49.1. The minimum atomic E-state index is -4.45. The molecule has 0 N–H and O–H groups in total. The summed E-state index contributed by atoms with van der Waals surface area (Å²) in [5, 5.41) is 0.886. The number of hydrogen-bond donors (Lipinski definition) is 0. The number of nitrogens with zero attached hydrogens (tertiary/aromatic N) is 5. The number of halogens is 3. The van der Waals surface area contributed by atoms with Gasteiger partial charge in [-0.15, -0.1) is 0 Å². The van der Waals surface area contributed by atoms with Gasteiger partial charge in [-0.3, -0.25) is 19.3 Å². The third kappa shape index (κ3) is 7.59. The number of rotatable bonds is 9. The quantitative estimate of drug-likeness (QED) is 0.213. The molecule has 0 spiro atoms. The second-order valence-electron chi connectivity index (χ2n) is 12.4.